The lowest BCUT2D eigenvalue weighted by atomic mass is 9.69. The van der Waals surface area contributed by atoms with Gasteiger partial charge in [0.25, 0.3) is 0 Å². The summed E-state index contributed by atoms with van der Waals surface area (Å²) in [7, 11) is 7.21. The van der Waals surface area contributed by atoms with Crippen LogP contribution in [0, 0.1) is 0 Å². The molecule has 12 heavy (non-hydrogen) atoms. The van der Waals surface area contributed by atoms with Crippen molar-refractivity contribution in [3.8, 4) is 11.5 Å². The number of phenolic OH excluding ortho intramolecular Hbond substituents is 2. The van der Waals surface area contributed by atoms with E-state index in [4.69, 9.17) is 0 Å². The van der Waals surface area contributed by atoms with Crippen molar-refractivity contribution in [1.82, 2.24) is 0 Å². The molecule has 0 spiro atoms. The van der Waals surface area contributed by atoms with E-state index in [9.17, 15) is 10.2 Å². The van der Waals surface area contributed by atoms with Gasteiger partial charge < -0.3 is 10.2 Å². The van der Waals surface area contributed by atoms with Crippen LogP contribution in [-0.2, 0) is 0 Å². The molecule has 0 bridgehead atoms. The zero-order valence-electron chi connectivity index (χ0n) is 7.89. The molecule has 0 heterocycles. The van der Waals surface area contributed by atoms with Gasteiger partial charge in [-0.05, 0) is 0 Å². The van der Waals surface area contributed by atoms with E-state index in [0.717, 1.165) is 21.9 Å². The van der Waals surface area contributed by atoms with Crippen LogP contribution in [0.2, 0.25) is 0 Å². The molecule has 58 valence electrons. The number of phenols is 2. The summed E-state index contributed by atoms with van der Waals surface area (Å²) in [6.07, 6.45) is 0. The van der Waals surface area contributed by atoms with E-state index >= 15 is 0 Å². The second-order valence-electron chi connectivity index (χ2n) is 3.20. The fourth-order valence-electron chi connectivity index (χ4n) is 1.27. The van der Waals surface area contributed by atoms with Crippen molar-refractivity contribution in [3.63, 3.8) is 0 Å². The van der Waals surface area contributed by atoms with Crippen LogP contribution in [0.15, 0.2) is 0 Å². The minimum Gasteiger partial charge on any atom is -0.509 e. The molecule has 0 atom stereocenters. The van der Waals surface area contributed by atoms with Gasteiger partial charge in [0.15, 0.2) is 0 Å². The summed E-state index contributed by atoms with van der Waals surface area (Å²) in [5.74, 6) is 0.589. The summed E-state index contributed by atoms with van der Waals surface area (Å²) >= 11 is 0. The van der Waals surface area contributed by atoms with Crippen molar-refractivity contribution in [2.75, 3.05) is 0 Å². The Morgan fingerprint density at radius 2 is 0.750 bits per heavy atom. The standard InChI is InChI=1S/C6H10B4O2/c7-1-2(8)6(12)4(10)3(9)5(1)11/h11-12H,7-10H2. The Hall–Kier alpha value is -0.920. The molecule has 0 saturated carbocycles. The molecular formula is C6H10B4O2. The van der Waals surface area contributed by atoms with Gasteiger partial charge in [-0.15, -0.1) is 0 Å². The minimum atomic E-state index is 0.294. The number of hydrogen-bond acceptors (Lipinski definition) is 2. The van der Waals surface area contributed by atoms with Gasteiger partial charge in [0, 0.05) is 0 Å². The Morgan fingerprint density at radius 3 is 0.917 bits per heavy atom. The summed E-state index contributed by atoms with van der Waals surface area (Å²) in [6.45, 7) is 0. The lowest BCUT2D eigenvalue weighted by molar-refractivity contribution is 0.474. The molecule has 6 heteroatoms. The van der Waals surface area contributed by atoms with Gasteiger partial charge in [0.2, 0.25) is 0 Å². The first-order valence-corrected chi connectivity index (χ1v) is 3.95. The van der Waals surface area contributed by atoms with E-state index in [-0.39, 0.29) is 0 Å². The fourth-order valence-corrected chi connectivity index (χ4v) is 1.27. The van der Waals surface area contributed by atoms with E-state index < -0.39 is 0 Å². The maximum Gasteiger partial charge on any atom is 0.143 e. The third-order valence-electron chi connectivity index (χ3n) is 2.55. The van der Waals surface area contributed by atoms with Gasteiger partial charge in [-0.3, -0.25) is 0 Å². The van der Waals surface area contributed by atoms with Gasteiger partial charge in [0.05, 0.1) is 0 Å². The Balaban J connectivity index is 3.60. The summed E-state index contributed by atoms with van der Waals surface area (Å²) < 4.78 is 0. The maximum absolute atomic E-state index is 9.58. The van der Waals surface area contributed by atoms with Crippen LogP contribution >= 0.6 is 0 Å². The van der Waals surface area contributed by atoms with Crippen molar-refractivity contribution in [2.45, 2.75) is 0 Å². The Bertz CT molecular complexity index is 232. The molecule has 1 aromatic carbocycles. The number of rotatable bonds is 0. The van der Waals surface area contributed by atoms with Crippen LogP contribution in [0.25, 0.3) is 0 Å². The zero-order chi connectivity index (χ0) is 9.46. The van der Waals surface area contributed by atoms with Crippen molar-refractivity contribution >= 4 is 53.2 Å². The van der Waals surface area contributed by atoms with E-state index in [1.165, 1.54) is 0 Å². The Kier molecular flexibility index (Phi) is 2.18. The highest BCUT2D eigenvalue weighted by Gasteiger charge is 2.11. The van der Waals surface area contributed by atoms with Crippen LogP contribution in [0.3, 0.4) is 0 Å². The summed E-state index contributed by atoms with van der Waals surface area (Å²) in [4.78, 5) is 0. The molecule has 0 aliphatic rings. The van der Waals surface area contributed by atoms with Gasteiger partial charge in [0.1, 0.15) is 42.9 Å². The molecule has 0 saturated heterocycles. The van der Waals surface area contributed by atoms with Gasteiger partial charge in [-0.1, -0.05) is 21.9 Å². The summed E-state index contributed by atoms with van der Waals surface area (Å²) in [6, 6.07) is 0. The predicted molar refractivity (Wildman–Crippen MR) is 62.5 cm³/mol. The first-order valence-electron chi connectivity index (χ1n) is 3.95. The van der Waals surface area contributed by atoms with E-state index in [2.05, 4.69) is 0 Å². The highest BCUT2D eigenvalue weighted by atomic mass is 16.3. The second-order valence-corrected chi connectivity index (χ2v) is 3.20. The smallest absolute Gasteiger partial charge is 0.143 e. The van der Waals surface area contributed by atoms with Crippen molar-refractivity contribution in [3.05, 3.63) is 0 Å². The van der Waals surface area contributed by atoms with E-state index in [0.29, 0.717) is 11.5 Å². The number of aromatic hydroxyl groups is 2. The quantitative estimate of drug-likeness (QED) is 0.291. The number of benzene rings is 1. The van der Waals surface area contributed by atoms with Gasteiger partial charge in [-0.25, -0.2) is 0 Å². The predicted octanol–water partition coefficient (Wildman–Crippen LogP) is -5.87. The fraction of sp³-hybridized carbons (Fsp3) is 0. The molecule has 0 unspecified atom stereocenters. The summed E-state index contributed by atoms with van der Waals surface area (Å²) in [5, 5.41) is 19.2. The van der Waals surface area contributed by atoms with Crippen LogP contribution in [-0.4, -0.2) is 41.6 Å². The van der Waals surface area contributed by atoms with Crippen LogP contribution in [0.4, 0.5) is 0 Å². The first-order chi connectivity index (χ1) is 5.46. The van der Waals surface area contributed by atoms with Gasteiger partial charge in [-0.2, -0.15) is 0 Å². The Labute approximate surface area is 75.6 Å². The molecule has 1 aromatic rings. The highest BCUT2D eigenvalue weighted by molar-refractivity contribution is 6.59. The van der Waals surface area contributed by atoms with Crippen molar-refractivity contribution in [2.24, 2.45) is 0 Å². The lowest BCUT2D eigenvalue weighted by Crippen LogP contribution is -2.40. The van der Waals surface area contributed by atoms with Gasteiger partial charge >= 0.3 is 0 Å². The largest absolute Gasteiger partial charge is 0.509 e. The molecule has 0 aliphatic carbocycles. The zero-order valence-corrected chi connectivity index (χ0v) is 7.89. The summed E-state index contributed by atoms with van der Waals surface area (Å²) in [5.41, 5.74) is 3.04. The van der Waals surface area contributed by atoms with Crippen molar-refractivity contribution in [1.29, 1.82) is 0 Å². The molecule has 0 aromatic heterocycles. The second kappa shape index (κ2) is 2.85. The first kappa shape index (κ1) is 9.17. The molecule has 0 amide bonds. The van der Waals surface area contributed by atoms with E-state index in [1.807, 2.05) is 0 Å². The minimum absolute atomic E-state index is 0.294. The molecule has 2 nitrogen and oxygen atoms in total. The molecule has 1 rings (SSSR count). The normalized spacial score (nSPS) is 10.0. The third kappa shape index (κ3) is 1.11. The monoisotopic (exact) mass is 158 g/mol. The average Bonchev–Trinajstić information content (AvgIpc) is 2.08. The highest BCUT2D eigenvalue weighted by Crippen LogP contribution is 2.01. The topological polar surface area (TPSA) is 40.5 Å². The Morgan fingerprint density at radius 1 is 0.583 bits per heavy atom. The molecule has 0 fully saturated rings. The van der Waals surface area contributed by atoms with Crippen LogP contribution in [0.5, 0.6) is 11.5 Å². The van der Waals surface area contributed by atoms with Crippen LogP contribution < -0.4 is 21.9 Å². The van der Waals surface area contributed by atoms with Crippen LogP contribution in [0.1, 0.15) is 0 Å². The van der Waals surface area contributed by atoms with Crippen molar-refractivity contribution < 1.29 is 10.2 Å². The molecule has 2 N–H and O–H groups in total. The lowest BCUT2D eigenvalue weighted by Gasteiger charge is -2.13. The molecule has 0 aliphatic heterocycles. The van der Waals surface area contributed by atoms with E-state index in [1.54, 1.807) is 31.4 Å². The maximum atomic E-state index is 9.58. The third-order valence-corrected chi connectivity index (χ3v) is 2.55. The molecule has 0 radical (unpaired) electrons. The number of hydrogen-bond donors (Lipinski definition) is 2. The molecular weight excluding hydrogens is 147 g/mol. The SMILES string of the molecule is Bc1c(B)c(O)c(B)c(B)c1O. The average molecular weight is 157 g/mol.